The maximum atomic E-state index is 12.8. The molecule has 22 heavy (non-hydrogen) atoms. The Morgan fingerprint density at radius 3 is 1.86 bits per heavy atom. The Labute approximate surface area is 130 Å². The molecule has 1 fully saturated rings. The Kier molecular flexibility index (Phi) is 3.16. The Balaban J connectivity index is 1.98. The highest BCUT2D eigenvalue weighted by molar-refractivity contribution is 6.13. The highest BCUT2D eigenvalue weighted by atomic mass is 16.3. The summed E-state index contributed by atoms with van der Waals surface area (Å²) < 4.78 is 0. The zero-order valence-corrected chi connectivity index (χ0v) is 12.6. The van der Waals surface area contributed by atoms with E-state index in [2.05, 4.69) is 0 Å². The van der Waals surface area contributed by atoms with Crippen molar-refractivity contribution in [2.24, 2.45) is 5.92 Å². The second-order valence-corrected chi connectivity index (χ2v) is 6.52. The van der Waals surface area contributed by atoms with Crippen molar-refractivity contribution in [3.05, 3.63) is 70.8 Å². The van der Waals surface area contributed by atoms with Gasteiger partial charge in [-0.2, -0.15) is 0 Å². The van der Waals surface area contributed by atoms with E-state index in [0.29, 0.717) is 11.1 Å². The number of ketones is 1. The van der Waals surface area contributed by atoms with Gasteiger partial charge in [-0.15, -0.1) is 0 Å². The first-order valence-electron chi connectivity index (χ1n) is 8.19. The molecule has 0 spiro atoms. The molecule has 2 aromatic rings. The van der Waals surface area contributed by atoms with E-state index in [1.807, 2.05) is 48.5 Å². The zero-order valence-electron chi connectivity index (χ0n) is 12.6. The topological polar surface area (TPSA) is 37.3 Å². The van der Waals surface area contributed by atoms with Crippen LogP contribution in [0.15, 0.2) is 48.5 Å². The third kappa shape index (κ3) is 1.80. The fourth-order valence-electron chi connectivity index (χ4n) is 4.28. The summed E-state index contributed by atoms with van der Waals surface area (Å²) in [6.07, 6.45) is 5.60. The number of aliphatic hydroxyl groups is 1. The lowest BCUT2D eigenvalue weighted by Gasteiger charge is -2.43. The standard InChI is InChI=1S/C20H20O2/c21-19-15-10-4-6-12-17(15)20(22,14-8-2-1-3-9-14)18-13-7-5-11-16(18)19/h4-7,10-14,22H,1-3,8-9H2. The smallest absolute Gasteiger partial charge is 0.193 e. The summed E-state index contributed by atoms with van der Waals surface area (Å²) in [4.78, 5) is 12.8. The van der Waals surface area contributed by atoms with Gasteiger partial charge in [0, 0.05) is 11.1 Å². The zero-order chi connectivity index (χ0) is 15.2. The minimum atomic E-state index is -1.03. The SMILES string of the molecule is O=C1c2ccccc2C(O)(C2CCCCC2)c2ccccc21. The van der Waals surface area contributed by atoms with Crippen LogP contribution in [0.3, 0.4) is 0 Å². The number of carbonyl (C=O) groups is 1. The predicted octanol–water partition coefficient (Wildman–Crippen LogP) is 4.05. The van der Waals surface area contributed by atoms with Crippen LogP contribution in [0, 0.1) is 5.92 Å². The number of carbonyl (C=O) groups excluding carboxylic acids is 1. The van der Waals surface area contributed by atoms with Gasteiger partial charge in [-0.25, -0.2) is 0 Å². The van der Waals surface area contributed by atoms with Crippen LogP contribution in [0.5, 0.6) is 0 Å². The molecule has 0 radical (unpaired) electrons. The molecule has 2 aliphatic rings. The van der Waals surface area contributed by atoms with Crippen molar-refractivity contribution in [2.45, 2.75) is 37.7 Å². The van der Waals surface area contributed by atoms with E-state index in [1.54, 1.807) is 0 Å². The predicted molar refractivity (Wildman–Crippen MR) is 85.9 cm³/mol. The third-order valence-corrected chi connectivity index (χ3v) is 5.36. The van der Waals surface area contributed by atoms with Gasteiger partial charge in [0.15, 0.2) is 5.78 Å². The molecule has 2 nitrogen and oxygen atoms in total. The summed E-state index contributed by atoms with van der Waals surface area (Å²) >= 11 is 0. The molecule has 0 atom stereocenters. The molecule has 2 aliphatic carbocycles. The van der Waals surface area contributed by atoms with Gasteiger partial charge in [0.1, 0.15) is 5.60 Å². The Bertz CT molecular complexity index is 676. The molecule has 0 saturated heterocycles. The monoisotopic (exact) mass is 292 g/mol. The molecule has 4 rings (SSSR count). The first-order chi connectivity index (χ1) is 10.7. The number of hydrogen-bond acceptors (Lipinski definition) is 2. The number of hydrogen-bond donors (Lipinski definition) is 1. The van der Waals surface area contributed by atoms with E-state index in [-0.39, 0.29) is 11.7 Å². The maximum absolute atomic E-state index is 12.8. The highest BCUT2D eigenvalue weighted by Crippen LogP contribution is 2.48. The summed E-state index contributed by atoms with van der Waals surface area (Å²) in [5.41, 5.74) is 1.89. The summed E-state index contributed by atoms with van der Waals surface area (Å²) in [6.45, 7) is 0. The molecule has 2 heteroatoms. The Morgan fingerprint density at radius 1 is 0.818 bits per heavy atom. The van der Waals surface area contributed by atoms with Gasteiger partial charge < -0.3 is 5.11 Å². The van der Waals surface area contributed by atoms with Gasteiger partial charge >= 0.3 is 0 Å². The second-order valence-electron chi connectivity index (χ2n) is 6.52. The van der Waals surface area contributed by atoms with E-state index < -0.39 is 5.60 Å². The Hall–Kier alpha value is -1.93. The lowest BCUT2D eigenvalue weighted by atomic mass is 9.64. The molecule has 2 aromatic carbocycles. The van der Waals surface area contributed by atoms with E-state index in [1.165, 1.54) is 6.42 Å². The van der Waals surface area contributed by atoms with Gasteiger partial charge in [0.2, 0.25) is 0 Å². The summed E-state index contributed by atoms with van der Waals surface area (Å²) in [5.74, 6) is 0.225. The van der Waals surface area contributed by atoms with Crippen molar-refractivity contribution in [1.82, 2.24) is 0 Å². The molecule has 0 heterocycles. The van der Waals surface area contributed by atoms with Gasteiger partial charge in [-0.1, -0.05) is 67.8 Å². The number of benzene rings is 2. The Morgan fingerprint density at radius 2 is 1.32 bits per heavy atom. The van der Waals surface area contributed by atoms with Crippen LogP contribution in [0.2, 0.25) is 0 Å². The summed E-state index contributed by atoms with van der Waals surface area (Å²) in [5, 5.41) is 11.8. The van der Waals surface area contributed by atoms with Crippen LogP contribution in [-0.4, -0.2) is 10.9 Å². The summed E-state index contributed by atoms with van der Waals surface area (Å²) in [7, 11) is 0. The van der Waals surface area contributed by atoms with Crippen LogP contribution < -0.4 is 0 Å². The van der Waals surface area contributed by atoms with Crippen LogP contribution in [0.4, 0.5) is 0 Å². The second kappa shape index (κ2) is 5.06. The van der Waals surface area contributed by atoms with Crippen molar-refractivity contribution in [1.29, 1.82) is 0 Å². The molecule has 1 saturated carbocycles. The molecular formula is C20H20O2. The fourth-order valence-corrected chi connectivity index (χ4v) is 4.28. The fraction of sp³-hybridized carbons (Fsp3) is 0.350. The third-order valence-electron chi connectivity index (χ3n) is 5.36. The quantitative estimate of drug-likeness (QED) is 0.861. The highest BCUT2D eigenvalue weighted by Gasteiger charge is 2.47. The molecule has 0 unspecified atom stereocenters. The largest absolute Gasteiger partial charge is 0.380 e. The van der Waals surface area contributed by atoms with E-state index in [0.717, 1.165) is 36.8 Å². The first kappa shape index (κ1) is 13.7. The molecular weight excluding hydrogens is 272 g/mol. The van der Waals surface area contributed by atoms with E-state index >= 15 is 0 Å². The molecule has 1 N–H and O–H groups in total. The van der Waals surface area contributed by atoms with Gasteiger partial charge in [-0.05, 0) is 29.9 Å². The van der Waals surface area contributed by atoms with E-state index in [9.17, 15) is 9.90 Å². The van der Waals surface area contributed by atoms with Crippen molar-refractivity contribution in [3.8, 4) is 0 Å². The minimum absolute atomic E-state index is 0.0340. The lowest BCUT2D eigenvalue weighted by molar-refractivity contribution is -0.00350. The van der Waals surface area contributed by atoms with Crippen molar-refractivity contribution in [3.63, 3.8) is 0 Å². The van der Waals surface area contributed by atoms with Gasteiger partial charge in [0.25, 0.3) is 0 Å². The van der Waals surface area contributed by atoms with Crippen molar-refractivity contribution >= 4 is 5.78 Å². The first-order valence-corrected chi connectivity index (χ1v) is 8.19. The van der Waals surface area contributed by atoms with E-state index in [4.69, 9.17) is 0 Å². The molecule has 0 aliphatic heterocycles. The van der Waals surface area contributed by atoms with Crippen LogP contribution in [0.1, 0.15) is 59.2 Å². The average molecular weight is 292 g/mol. The van der Waals surface area contributed by atoms with Gasteiger partial charge in [-0.3, -0.25) is 4.79 Å². The lowest BCUT2D eigenvalue weighted by Crippen LogP contribution is -2.42. The number of fused-ring (bicyclic) bond motifs is 2. The normalized spacial score (nSPS) is 20.3. The molecule has 0 amide bonds. The van der Waals surface area contributed by atoms with Gasteiger partial charge in [0.05, 0.1) is 0 Å². The van der Waals surface area contributed by atoms with Crippen LogP contribution >= 0.6 is 0 Å². The molecule has 112 valence electrons. The van der Waals surface area contributed by atoms with Crippen molar-refractivity contribution in [2.75, 3.05) is 0 Å². The molecule has 0 aromatic heterocycles. The minimum Gasteiger partial charge on any atom is -0.380 e. The van der Waals surface area contributed by atoms with Crippen LogP contribution in [0.25, 0.3) is 0 Å². The summed E-state index contributed by atoms with van der Waals surface area (Å²) in [6, 6.07) is 15.2. The van der Waals surface area contributed by atoms with Crippen LogP contribution in [-0.2, 0) is 5.60 Å². The van der Waals surface area contributed by atoms with Crippen molar-refractivity contribution < 1.29 is 9.90 Å². The average Bonchev–Trinajstić information content (AvgIpc) is 2.60. The number of rotatable bonds is 1. The molecule has 0 bridgehead atoms. The maximum Gasteiger partial charge on any atom is 0.193 e.